The van der Waals surface area contributed by atoms with Crippen LogP contribution in [0.5, 0.6) is 0 Å². The Bertz CT molecular complexity index is 594. The molecule has 0 aliphatic heterocycles. The number of rotatable bonds is 17. The smallest absolute Gasteiger partial charge is 0.339 e. The number of unbranched alkanes of at least 4 members (excludes halogenated alkanes) is 9. The highest BCUT2D eigenvalue weighted by Gasteiger charge is 2.18. The molecule has 0 atom stereocenters. The van der Waals surface area contributed by atoms with Gasteiger partial charge >= 0.3 is 11.9 Å². The minimum Gasteiger partial charge on any atom is -0.462 e. The maximum atomic E-state index is 12.4. The van der Waals surface area contributed by atoms with Gasteiger partial charge in [0.25, 0.3) is 0 Å². The van der Waals surface area contributed by atoms with E-state index in [1.807, 2.05) is 0 Å². The minimum absolute atomic E-state index is 0.287. The van der Waals surface area contributed by atoms with E-state index in [0.29, 0.717) is 24.7 Å². The second-order valence-electron chi connectivity index (χ2n) is 8.54. The molecule has 1 rings (SSSR count). The lowest BCUT2D eigenvalue weighted by molar-refractivity contribution is 0.0449. The normalized spacial score (nSPS) is 10.9. The Kier molecular flexibility index (Phi) is 14.8. The molecule has 0 aliphatic carbocycles. The summed E-state index contributed by atoms with van der Waals surface area (Å²) in [5.74, 6) is -0.317. The van der Waals surface area contributed by atoms with Crippen molar-refractivity contribution in [2.45, 2.75) is 97.8 Å². The van der Waals surface area contributed by atoms with E-state index in [1.165, 1.54) is 51.4 Å². The quantitative estimate of drug-likeness (QED) is 0.196. The van der Waals surface area contributed by atoms with Gasteiger partial charge in [0.05, 0.1) is 24.3 Å². The summed E-state index contributed by atoms with van der Waals surface area (Å²) < 4.78 is 10.7. The molecular weight excluding hydrogens is 376 g/mol. The molecule has 0 aliphatic rings. The second kappa shape index (κ2) is 16.9. The predicted octanol–water partition coefficient (Wildman–Crippen LogP) is 7.36. The largest absolute Gasteiger partial charge is 0.462 e. The van der Waals surface area contributed by atoms with Gasteiger partial charge in [0, 0.05) is 0 Å². The van der Waals surface area contributed by atoms with Crippen LogP contribution in [0.1, 0.15) is 119 Å². The summed E-state index contributed by atoms with van der Waals surface area (Å²) in [6.07, 6.45) is 14.2. The number of hydrogen-bond donors (Lipinski definition) is 0. The molecule has 0 fully saturated rings. The lowest BCUT2D eigenvalue weighted by Gasteiger charge is -2.10. The second-order valence-corrected chi connectivity index (χ2v) is 8.54. The molecule has 4 heteroatoms. The number of ether oxygens (including phenoxy) is 2. The van der Waals surface area contributed by atoms with Crippen molar-refractivity contribution in [3.63, 3.8) is 0 Å². The fraction of sp³-hybridized carbons (Fsp3) is 0.692. The van der Waals surface area contributed by atoms with E-state index in [4.69, 9.17) is 9.47 Å². The van der Waals surface area contributed by atoms with Gasteiger partial charge in [0.1, 0.15) is 0 Å². The van der Waals surface area contributed by atoms with E-state index < -0.39 is 11.9 Å². The fourth-order valence-electron chi connectivity index (χ4n) is 3.41. The van der Waals surface area contributed by atoms with Crippen LogP contribution in [0.4, 0.5) is 0 Å². The molecular formula is C26H42O4. The number of benzene rings is 1. The van der Waals surface area contributed by atoms with Crippen LogP contribution in [0.3, 0.4) is 0 Å². The highest BCUT2D eigenvalue weighted by atomic mass is 16.5. The Hall–Kier alpha value is -1.84. The lowest BCUT2D eigenvalue weighted by atomic mass is 10.1. The summed E-state index contributed by atoms with van der Waals surface area (Å²) in [7, 11) is 0. The molecule has 1 aromatic carbocycles. The Morgan fingerprint density at radius 1 is 0.700 bits per heavy atom. The minimum atomic E-state index is -0.453. The topological polar surface area (TPSA) is 52.6 Å². The molecule has 0 aromatic heterocycles. The summed E-state index contributed by atoms with van der Waals surface area (Å²) in [6, 6.07) is 6.74. The summed E-state index contributed by atoms with van der Waals surface area (Å²) in [4.78, 5) is 24.8. The molecule has 0 saturated carbocycles. The number of esters is 2. The van der Waals surface area contributed by atoms with Gasteiger partial charge in [-0.3, -0.25) is 0 Å². The zero-order valence-corrected chi connectivity index (χ0v) is 19.4. The zero-order chi connectivity index (χ0) is 22.0. The zero-order valence-electron chi connectivity index (χ0n) is 19.4. The average molecular weight is 419 g/mol. The van der Waals surface area contributed by atoms with Crippen molar-refractivity contribution in [3.05, 3.63) is 35.4 Å². The fourth-order valence-corrected chi connectivity index (χ4v) is 3.41. The van der Waals surface area contributed by atoms with Crippen molar-refractivity contribution < 1.29 is 19.1 Å². The summed E-state index contributed by atoms with van der Waals surface area (Å²) in [5, 5.41) is 0. The van der Waals surface area contributed by atoms with Gasteiger partial charge in [-0.15, -0.1) is 0 Å². The maximum absolute atomic E-state index is 12.4. The van der Waals surface area contributed by atoms with Crippen molar-refractivity contribution in [1.29, 1.82) is 0 Å². The maximum Gasteiger partial charge on any atom is 0.339 e. The van der Waals surface area contributed by atoms with Gasteiger partial charge in [-0.1, -0.05) is 90.7 Å². The van der Waals surface area contributed by atoms with Crippen LogP contribution in [0.15, 0.2) is 24.3 Å². The van der Waals surface area contributed by atoms with Crippen LogP contribution in [0.25, 0.3) is 0 Å². The number of carbonyl (C=O) groups is 2. The molecule has 30 heavy (non-hydrogen) atoms. The van der Waals surface area contributed by atoms with E-state index in [9.17, 15) is 9.59 Å². The van der Waals surface area contributed by atoms with E-state index in [0.717, 1.165) is 25.7 Å². The Labute approximate surface area is 183 Å². The molecule has 0 saturated heterocycles. The third kappa shape index (κ3) is 12.0. The van der Waals surface area contributed by atoms with E-state index in [1.54, 1.807) is 24.3 Å². The van der Waals surface area contributed by atoms with Gasteiger partial charge in [0.15, 0.2) is 0 Å². The van der Waals surface area contributed by atoms with Crippen molar-refractivity contribution in [3.8, 4) is 0 Å². The first-order valence-electron chi connectivity index (χ1n) is 12.0. The number of hydrogen-bond acceptors (Lipinski definition) is 4. The van der Waals surface area contributed by atoms with Gasteiger partial charge in [0.2, 0.25) is 0 Å². The van der Waals surface area contributed by atoms with Crippen molar-refractivity contribution in [2.24, 2.45) is 5.92 Å². The monoisotopic (exact) mass is 418 g/mol. The summed E-state index contributed by atoms with van der Waals surface area (Å²) >= 11 is 0. The molecule has 1 aromatic rings. The highest BCUT2D eigenvalue weighted by Crippen LogP contribution is 2.14. The van der Waals surface area contributed by atoms with Crippen LogP contribution in [-0.2, 0) is 9.47 Å². The highest BCUT2D eigenvalue weighted by molar-refractivity contribution is 6.03. The SMILES string of the molecule is CCCCCCCCCCCCOC(=O)c1ccccc1C(=O)OCCCC(C)C. The first-order valence-corrected chi connectivity index (χ1v) is 12.0. The van der Waals surface area contributed by atoms with Gasteiger partial charge in [-0.2, -0.15) is 0 Å². The van der Waals surface area contributed by atoms with Gasteiger partial charge in [-0.05, 0) is 37.3 Å². The number of carbonyl (C=O) groups excluding carboxylic acids is 2. The molecule has 0 N–H and O–H groups in total. The van der Waals surface area contributed by atoms with Crippen molar-refractivity contribution in [1.82, 2.24) is 0 Å². The third-order valence-electron chi connectivity index (χ3n) is 5.26. The Balaban J connectivity index is 2.25. The van der Waals surface area contributed by atoms with Crippen molar-refractivity contribution >= 4 is 11.9 Å². The molecule has 0 heterocycles. The summed E-state index contributed by atoms with van der Waals surface area (Å²) in [6.45, 7) is 7.29. The molecule has 0 radical (unpaired) electrons. The van der Waals surface area contributed by atoms with Gasteiger partial charge in [-0.25, -0.2) is 9.59 Å². The van der Waals surface area contributed by atoms with E-state index >= 15 is 0 Å². The Morgan fingerprint density at radius 3 is 1.60 bits per heavy atom. The first-order chi connectivity index (χ1) is 14.6. The lowest BCUT2D eigenvalue weighted by Crippen LogP contribution is -2.15. The molecule has 0 spiro atoms. The Morgan fingerprint density at radius 2 is 1.13 bits per heavy atom. The average Bonchev–Trinajstić information content (AvgIpc) is 2.74. The van der Waals surface area contributed by atoms with Crippen LogP contribution < -0.4 is 0 Å². The van der Waals surface area contributed by atoms with Crippen LogP contribution >= 0.6 is 0 Å². The predicted molar refractivity (Wildman–Crippen MR) is 123 cm³/mol. The van der Waals surface area contributed by atoms with Crippen molar-refractivity contribution in [2.75, 3.05) is 13.2 Å². The molecule has 4 nitrogen and oxygen atoms in total. The van der Waals surface area contributed by atoms with E-state index in [-0.39, 0.29) is 5.56 Å². The summed E-state index contributed by atoms with van der Waals surface area (Å²) in [5.41, 5.74) is 0.577. The van der Waals surface area contributed by atoms with Gasteiger partial charge < -0.3 is 9.47 Å². The molecule has 0 unspecified atom stereocenters. The van der Waals surface area contributed by atoms with E-state index in [2.05, 4.69) is 20.8 Å². The van der Waals surface area contributed by atoms with Crippen LogP contribution in [0, 0.1) is 5.92 Å². The molecule has 0 bridgehead atoms. The first kappa shape index (κ1) is 26.2. The molecule has 170 valence electrons. The molecule has 0 amide bonds. The standard InChI is InChI=1S/C26H42O4/c1-4-5-6-7-8-9-10-11-12-15-20-29-25(27)23-18-13-14-19-24(23)26(28)30-21-16-17-22(2)3/h13-14,18-19,22H,4-12,15-17,20-21H2,1-3H3. The third-order valence-corrected chi connectivity index (χ3v) is 5.26. The van der Waals surface area contributed by atoms with Crippen LogP contribution in [-0.4, -0.2) is 25.2 Å². The van der Waals surface area contributed by atoms with Crippen LogP contribution in [0.2, 0.25) is 0 Å².